The van der Waals surface area contributed by atoms with Gasteiger partial charge in [-0.2, -0.15) is 0 Å². The lowest BCUT2D eigenvalue weighted by molar-refractivity contribution is 0.137. The quantitative estimate of drug-likeness (QED) is 0.382. The third kappa shape index (κ3) is 7.17. The first-order valence-corrected chi connectivity index (χ1v) is 7.78. The summed E-state index contributed by atoms with van der Waals surface area (Å²) in [5.41, 5.74) is 0. The Hall–Kier alpha value is -0.340. The zero-order valence-electron chi connectivity index (χ0n) is 12.1. The van der Waals surface area contributed by atoms with Crippen molar-refractivity contribution in [2.45, 2.75) is 64.3 Å². The van der Waals surface area contributed by atoms with Gasteiger partial charge in [0.1, 0.15) is 0 Å². The Morgan fingerprint density at radius 1 is 1.22 bits per heavy atom. The van der Waals surface area contributed by atoms with E-state index >= 15 is 0 Å². The van der Waals surface area contributed by atoms with E-state index in [9.17, 15) is 0 Å². The Morgan fingerprint density at radius 3 is 2.89 bits per heavy atom. The van der Waals surface area contributed by atoms with Gasteiger partial charge in [-0.3, -0.25) is 0 Å². The molecule has 2 heteroatoms. The predicted octanol–water partition coefficient (Wildman–Crippen LogP) is 3.92. The van der Waals surface area contributed by atoms with Crippen molar-refractivity contribution < 1.29 is 4.74 Å². The van der Waals surface area contributed by atoms with E-state index in [0.29, 0.717) is 0 Å². The molecule has 18 heavy (non-hydrogen) atoms. The van der Waals surface area contributed by atoms with E-state index in [0.717, 1.165) is 38.1 Å². The second-order valence-corrected chi connectivity index (χ2v) is 5.50. The topological polar surface area (TPSA) is 21.3 Å². The lowest BCUT2D eigenvalue weighted by Gasteiger charge is -2.16. The van der Waals surface area contributed by atoms with Gasteiger partial charge in [-0.25, -0.2) is 0 Å². The molecule has 1 aliphatic carbocycles. The van der Waals surface area contributed by atoms with Crippen LogP contribution in [0.15, 0.2) is 12.7 Å². The summed E-state index contributed by atoms with van der Waals surface area (Å²) in [6, 6.07) is 0.731. The molecule has 0 aliphatic heterocycles. The lowest BCUT2D eigenvalue weighted by Crippen LogP contribution is -2.31. The number of ether oxygens (including phenoxy) is 1. The van der Waals surface area contributed by atoms with Crippen molar-refractivity contribution in [2.24, 2.45) is 5.92 Å². The van der Waals surface area contributed by atoms with Crippen LogP contribution in [0.25, 0.3) is 0 Å². The highest BCUT2D eigenvalue weighted by atomic mass is 16.5. The number of rotatable bonds is 9. The van der Waals surface area contributed by atoms with Crippen LogP contribution in [0.2, 0.25) is 0 Å². The minimum Gasteiger partial charge on any atom is -0.380 e. The highest BCUT2D eigenvalue weighted by molar-refractivity contribution is 4.74. The zero-order valence-corrected chi connectivity index (χ0v) is 12.1. The largest absolute Gasteiger partial charge is 0.380 e. The predicted molar refractivity (Wildman–Crippen MR) is 78.9 cm³/mol. The van der Waals surface area contributed by atoms with Gasteiger partial charge in [-0.05, 0) is 31.6 Å². The maximum absolute atomic E-state index is 5.52. The Bertz CT molecular complexity index is 205. The summed E-state index contributed by atoms with van der Waals surface area (Å²) >= 11 is 0. The molecule has 1 saturated carbocycles. The van der Waals surface area contributed by atoms with Gasteiger partial charge in [0.05, 0.1) is 13.2 Å². The van der Waals surface area contributed by atoms with Gasteiger partial charge in [0, 0.05) is 12.6 Å². The number of hydrogen-bond donors (Lipinski definition) is 1. The van der Waals surface area contributed by atoms with Crippen LogP contribution in [0.3, 0.4) is 0 Å². The SMILES string of the molecule is C=CCCOCCNC1CCCC(CCC)CC1. The Morgan fingerprint density at radius 2 is 2.11 bits per heavy atom. The maximum atomic E-state index is 5.52. The van der Waals surface area contributed by atoms with Crippen molar-refractivity contribution in [3.05, 3.63) is 12.7 Å². The van der Waals surface area contributed by atoms with Crippen molar-refractivity contribution in [2.75, 3.05) is 19.8 Å². The Kier molecular flexibility index (Phi) is 9.23. The fourth-order valence-corrected chi connectivity index (χ4v) is 2.88. The number of hydrogen-bond acceptors (Lipinski definition) is 2. The molecule has 0 amide bonds. The molecule has 0 spiro atoms. The molecule has 0 radical (unpaired) electrons. The third-order valence-corrected chi connectivity index (χ3v) is 3.93. The zero-order chi connectivity index (χ0) is 13.1. The summed E-state index contributed by atoms with van der Waals surface area (Å²) in [6.45, 7) is 8.65. The smallest absolute Gasteiger partial charge is 0.0591 e. The molecule has 0 bridgehead atoms. The fourth-order valence-electron chi connectivity index (χ4n) is 2.88. The molecule has 1 fully saturated rings. The van der Waals surface area contributed by atoms with Crippen molar-refractivity contribution in [3.63, 3.8) is 0 Å². The molecule has 2 unspecified atom stereocenters. The van der Waals surface area contributed by atoms with Crippen LogP contribution < -0.4 is 5.32 Å². The first kappa shape index (κ1) is 15.7. The minimum atomic E-state index is 0.731. The van der Waals surface area contributed by atoms with Crippen LogP contribution in [0, 0.1) is 5.92 Å². The van der Waals surface area contributed by atoms with Gasteiger partial charge in [-0.1, -0.05) is 38.7 Å². The van der Waals surface area contributed by atoms with Crippen molar-refractivity contribution in [3.8, 4) is 0 Å². The van der Waals surface area contributed by atoms with Crippen LogP contribution in [0.1, 0.15) is 58.3 Å². The molecule has 0 aromatic carbocycles. The van der Waals surface area contributed by atoms with Crippen LogP contribution >= 0.6 is 0 Å². The Labute approximate surface area is 113 Å². The summed E-state index contributed by atoms with van der Waals surface area (Å²) < 4.78 is 5.52. The Balaban J connectivity index is 2.03. The molecular weight excluding hydrogens is 222 g/mol. The van der Waals surface area contributed by atoms with Gasteiger partial charge < -0.3 is 10.1 Å². The van der Waals surface area contributed by atoms with Crippen molar-refractivity contribution >= 4 is 0 Å². The first-order chi connectivity index (χ1) is 8.86. The van der Waals surface area contributed by atoms with E-state index in [1.54, 1.807) is 0 Å². The molecule has 1 rings (SSSR count). The van der Waals surface area contributed by atoms with Gasteiger partial charge in [0.25, 0.3) is 0 Å². The van der Waals surface area contributed by atoms with Crippen LogP contribution in [0.5, 0.6) is 0 Å². The van der Waals surface area contributed by atoms with Crippen LogP contribution in [-0.4, -0.2) is 25.8 Å². The second kappa shape index (κ2) is 10.6. The van der Waals surface area contributed by atoms with Crippen molar-refractivity contribution in [1.82, 2.24) is 5.32 Å². The maximum Gasteiger partial charge on any atom is 0.0591 e. The van der Waals surface area contributed by atoms with E-state index < -0.39 is 0 Å². The van der Waals surface area contributed by atoms with E-state index in [1.807, 2.05) is 6.08 Å². The van der Waals surface area contributed by atoms with E-state index in [1.165, 1.54) is 44.9 Å². The van der Waals surface area contributed by atoms with E-state index in [-0.39, 0.29) is 0 Å². The van der Waals surface area contributed by atoms with E-state index in [4.69, 9.17) is 4.74 Å². The molecule has 1 N–H and O–H groups in total. The average Bonchev–Trinajstić information content (AvgIpc) is 2.60. The summed E-state index contributed by atoms with van der Waals surface area (Å²) in [5.74, 6) is 0.991. The molecule has 0 saturated heterocycles. The normalized spacial score (nSPS) is 24.7. The molecule has 2 nitrogen and oxygen atoms in total. The molecular formula is C16H31NO. The molecule has 0 aromatic rings. The summed E-state index contributed by atoms with van der Waals surface area (Å²) in [5, 5.41) is 3.65. The van der Waals surface area contributed by atoms with Crippen LogP contribution in [0.4, 0.5) is 0 Å². The third-order valence-electron chi connectivity index (χ3n) is 3.93. The van der Waals surface area contributed by atoms with Crippen LogP contribution in [-0.2, 0) is 4.74 Å². The molecule has 0 aromatic heterocycles. The fraction of sp³-hybridized carbons (Fsp3) is 0.875. The number of nitrogens with one attached hydrogen (secondary N) is 1. The van der Waals surface area contributed by atoms with Gasteiger partial charge >= 0.3 is 0 Å². The second-order valence-electron chi connectivity index (χ2n) is 5.50. The minimum absolute atomic E-state index is 0.731. The summed E-state index contributed by atoms with van der Waals surface area (Å²) in [4.78, 5) is 0. The average molecular weight is 253 g/mol. The molecule has 1 aliphatic rings. The summed E-state index contributed by atoms with van der Waals surface area (Å²) in [6.07, 6.45) is 12.6. The molecule has 106 valence electrons. The van der Waals surface area contributed by atoms with Gasteiger partial charge in [0.2, 0.25) is 0 Å². The monoisotopic (exact) mass is 253 g/mol. The highest BCUT2D eigenvalue weighted by Gasteiger charge is 2.17. The van der Waals surface area contributed by atoms with Gasteiger partial charge in [-0.15, -0.1) is 6.58 Å². The molecule has 2 atom stereocenters. The van der Waals surface area contributed by atoms with Crippen molar-refractivity contribution in [1.29, 1.82) is 0 Å². The summed E-state index contributed by atoms with van der Waals surface area (Å²) in [7, 11) is 0. The van der Waals surface area contributed by atoms with E-state index in [2.05, 4.69) is 18.8 Å². The lowest BCUT2D eigenvalue weighted by atomic mass is 9.95. The first-order valence-electron chi connectivity index (χ1n) is 7.78. The molecule has 0 heterocycles. The highest BCUT2D eigenvalue weighted by Crippen LogP contribution is 2.26. The van der Waals surface area contributed by atoms with Gasteiger partial charge in [0.15, 0.2) is 0 Å². The standard InChI is InChI=1S/C16H31NO/c1-3-5-13-18-14-12-17-16-9-6-8-15(7-4-2)10-11-16/h3,15-17H,1,4-14H2,2H3.